The molecule has 1 heterocycles. The summed E-state index contributed by atoms with van der Waals surface area (Å²) in [7, 11) is -3.15. The first-order valence-corrected chi connectivity index (χ1v) is 9.77. The van der Waals surface area contributed by atoms with Gasteiger partial charge in [-0.15, -0.1) is 11.8 Å². The summed E-state index contributed by atoms with van der Waals surface area (Å²) in [5.74, 6) is 1.55. The second-order valence-electron chi connectivity index (χ2n) is 6.32. The molecule has 120 valence electrons. The summed E-state index contributed by atoms with van der Waals surface area (Å²) in [5, 5.41) is 0.0557. The van der Waals surface area contributed by atoms with E-state index in [9.17, 15) is 8.42 Å². The Hall–Kier alpha value is -1.27. The van der Waals surface area contributed by atoms with E-state index in [-0.39, 0.29) is 10.7 Å². The number of hydrogen-bond acceptors (Lipinski definition) is 5. The minimum atomic E-state index is -3.15. The van der Waals surface area contributed by atoms with Crippen molar-refractivity contribution in [2.75, 3.05) is 6.26 Å². The Morgan fingerprint density at radius 3 is 2.23 bits per heavy atom. The summed E-state index contributed by atoms with van der Waals surface area (Å²) in [6.07, 6.45) is 2.98. The third-order valence-electron chi connectivity index (χ3n) is 3.18. The van der Waals surface area contributed by atoms with Gasteiger partial charge in [-0.1, -0.05) is 20.8 Å². The van der Waals surface area contributed by atoms with Crippen molar-refractivity contribution >= 4 is 21.6 Å². The number of oxazole rings is 1. The van der Waals surface area contributed by atoms with Crippen molar-refractivity contribution in [2.45, 2.75) is 48.2 Å². The maximum absolute atomic E-state index is 11.5. The van der Waals surface area contributed by atoms with Crippen LogP contribution in [-0.2, 0) is 15.3 Å². The van der Waals surface area contributed by atoms with Crippen LogP contribution < -0.4 is 0 Å². The van der Waals surface area contributed by atoms with Crippen molar-refractivity contribution in [3.63, 3.8) is 0 Å². The Bertz CT molecular complexity index is 740. The first-order chi connectivity index (χ1) is 10.1. The van der Waals surface area contributed by atoms with Gasteiger partial charge in [0.15, 0.2) is 9.84 Å². The number of benzene rings is 1. The highest BCUT2D eigenvalue weighted by atomic mass is 32.2. The van der Waals surface area contributed by atoms with Gasteiger partial charge in [-0.25, -0.2) is 13.4 Å². The molecule has 0 amide bonds. The maximum atomic E-state index is 11.5. The summed E-state index contributed by atoms with van der Waals surface area (Å²) in [4.78, 5) is 5.66. The second-order valence-corrected chi connectivity index (χ2v) is 9.75. The van der Waals surface area contributed by atoms with Gasteiger partial charge in [0.2, 0.25) is 5.89 Å². The molecule has 6 heteroatoms. The highest BCUT2D eigenvalue weighted by molar-refractivity contribution is 7.99. The van der Waals surface area contributed by atoms with Crippen molar-refractivity contribution in [1.29, 1.82) is 0 Å². The van der Waals surface area contributed by atoms with Crippen molar-refractivity contribution in [3.05, 3.63) is 42.1 Å². The molecule has 1 aromatic carbocycles. The molecule has 0 aliphatic heterocycles. The van der Waals surface area contributed by atoms with Crippen molar-refractivity contribution in [2.24, 2.45) is 0 Å². The molecule has 0 N–H and O–H groups in total. The fraction of sp³-hybridized carbons (Fsp3) is 0.438. The normalized spacial score (nSPS) is 14.0. The van der Waals surface area contributed by atoms with Gasteiger partial charge in [0.1, 0.15) is 5.76 Å². The molecule has 0 aliphatic rings. The SMILES string of the molecule is C[C@H](Sc1ccc(S(C)(=O)=O)cc1)c1ncc(C(C)(C)C)o1. The van der Waals surface area contributed by atoms with Gasteiger partial charge in [0.25, 0.3) is 0 Å². The molecule has 0 saturated heterocycles. The summed E-state index contributed by atoms with van der Waals surface area (Å²) >= 11 is 1.59. The van der Waals surface area contributed by atoms with Gasteiger partial charge >= 0.3 is 0 Å². The Balaban J connectivity index is 2.12. The largest absolute Gasteiger partial charge is 0.444 e. The van der Waals surface area contributed by atoms with Crippen LogP contribution in [0, 0.1) is 0 Å². The van der Waals surface area contributed by atoms with E-state index < -0.39 is 9.84 Å². The molecule has 22 heavy (non-hydrogen) atoms. The summed E-state index contributed by atoms with van der Waals surface area (Å²) in [6.45, 7) is 8.27. The van der Waals surface area contributed by atoms with Crippen LogP contribution in [-0.4, -0.2) is 19.7 Å². The molecule has 2 rings (SSSR count). The zero-order valence-corrected chi connectivity index (χ0v) is 15.1. The molecule has 0 unspecified atom stereocenters. The average Bonchev–Trinajstić information content (AvgIpc) is 2.87. The number of rotatable bonds is 4. The predicted molar refractivity (Wildman–Crippen MR) is 89.0 cm³/mol. The number of aromatic nitrogens is 1. The van der Waals surface area contributed by atoms with Gasteiger partial charge < -0.3 is 4.42 Å². The van der Waals surface area contributed by atoms with Crippen LogP contribution in [0.5, 0.6) is 0 Å². The Morgan fingerprint density at radius 2 is 1.77 bits per heavy atom. The first kappa shape index (κ1) is 17.1. The van der Waals surface area contributed by atoms with E-state index >= 15 is 0 Å². The lowest BCUT2D eigenvalue weighted by Crippen LogP contribution is -2.09. The van der Waals surface area contributed by atoms with Crippen molar-refractivity contribution < 1.29 is 12.8 Å². The van der Waals surface area contributed by atoms with Crippen LogP contribution in [0.2, 0.25) is 0 Å². The van der Waals surface area contributed by atoms with Gasteiger partial charge in [-0.05, 0) is 31.2 Å². The predicted octanol–water partition coefficient (Wildman–Crippen LogP) is 4.23. The minimum absolute atomic E-state index is 0.0557. The first-order valence-electron chi connectivity index (χ1n) is 7.00. The van der Waals surface area contributed by atoms with Gasteiger partial charge in [0.05, 0.1) is 16.3 Å². The third kappa shape index (κ3) is 4.14. The summed E-state index contributed by atoms with van der Waals surface area (Å²) in [5.41, 5.74) is -0.0627. The molecular formula is C16H21NO3S2. The average molecular weight is 339 g/mol. The smallest absolute Gasteiger partial charge is 0.207 e. The lowest BCUT2D eigenvalue weighted by Gasteiger charge is -2.14. The van der Waals surface area contributed by atoms with Crippen LogP contribution in [0.3, 0.4) is 0 Å². The van der Waals surface area contributed by atoms with Crippen LogP contribution in [0.25, 0.3) is 0 Å². The third-order valence-corrected chi connectivity index (χ3v) is 5.40. The summed E-state index contributed by atoms with van der Waals surface area (Å²) in [6, 6.07) is 6.87. The zero-order valence-electron chi connectivity index (χ0n) is 13.5. The minimum Gasteiger partial charge on any atom is -0.444 e. The molecule has 4 nitrogen and oxygen atoms in total. The number of hydrogen-bond donors (Lipinski definition) is 0. The highest BCUT2D eigenvalue weighted by Gasteiger charge is 2.21. The van der Waals surface area contributed by atoms with E-state index in [0.29, 0.717) is 10.8 Å². The molecule has 2 aromatic rings. The quantitative estimate of drug-likeness (QED) is 0.780. The topological polar surface area (TPSA) is 60.2 Å². The Morgan fingerprint density at radius 1 is 1.18 bits per heavy atom. The number of sulfone groups is 1. The van der Waals surface area contributed by atoms with E-state index in [1.807, 2.05) is 19.1 Å². The van der Waals surface area contributed by atoms with Crippen molar-refractivity contribution in [1.82, 2.24) is 4.98 Å². The van der Waals surface area contributed by atoms with E-state index in [2.05, 4.69) is 25.8 Å². The van der Waals surface area contributed by atoms with Crippen LogP contribution in [0.4, 0.5) is 0 Å². The highest BCUT2D eigenvalue weighted by Crippen LogP contribution is 2.36. The van der Waals surface area contributed by atoms with Crippen LogP contribution >= 0.6 is 11.8 Å². The molecule has 0 bridgehead atoms. The van der Waals surface area contributed by atoms with Gasteiger partial charge in [-0.2, -0.15) is 0 Å². The van der Waals surface area contributed by atoms with E-state index in [0.717, 1.165) is 10.7 Å². The molecule has 0 aliphatic carbocycles. The molecule has 0 radical (unpaired) electrons. The zero-order chi connectivity index (χ0) is 16.5. The van der Waals surface area contributed by atoms with Gasteiger partial charge in [-0.3, -0.25) is 0 Å². The number of nitrogens with zero attached hydrogens (tertiary/aromatic N) is 1. The molecule has 1 atom stereocenters. The van der Waals surface area contributed by atoms with E-state index in [1.54, 1.807) is 30.1 Å². The van der Waals surface area contributed by atoms with Crippen LogP contribution in [0.15, 0.2) is 44.7 Å². The fourth-order valence-corrected chi connectivity index (χ4v) is 3.38. The second kappa shape index (κ2) is 6.08. The lowest BCUT2D eigenvalue weighted by molar-refractivity contribution is 0.383. The van der Waals surface area contributed by atoms with Crippen LogP contribution in [0.1, 0.15) is 44.6 Å². The number of thioether (sulfide) groups is 1. The van der Waals surface area contributed by atoms with E-state index in [1.165, 1.54) is 6.26 Å². The molecule has 0 saturated carbocycles. The molecule has 0 spiro atoms. The Labute approximate surface area is 136 Å². The fourth-order valence-electron chi connectivity index (χ4n) is 1.84. The van der Waals surface area contributed by atoms with Crippen molar-refractivity contribution in [3.8, 4) is 0 Å². The standard InChI is InChI=1S/C16H21NO3S2/c1-11(15-17-10-14(20-15)16(2,3)4)21-12-6-8-13(9-7-12)22(5,18)19/h6-11H,1-5H3/t11-/m0/s1. The summed E-state index contributed by atoms with van der Waals surface area (Å²) < 4.78 is 28.7. The monoisotopic (exact) mass is 339 g/mol. The molecule has 0 fully saturated rings. The lowest BCUT2D eigenvalue weighted by atomic mass is 9.94. The van der Waals surface area contributed by atoms with E-state index in [4.69, 9.17) is 4.42 Å². The maximum Gasteiger partial charge on any atom is 0.207 e. The van der Waals surface area contributed by atoms with Gasteiger partial charge in [0, 0.05) is 16.6 Å². The molecule has 1 aromatic heterocycles. The molecular weight excluding hydrogens is 318 g/mol. The Kier molecular flexibility index (Phi) is 4.73.